The van der Waals surface area contributed by atoms with E-state index in [0.717, 1.165) is 23.8 Å². The van der Waals surface area contributed by atoms with Crippen molar-refractivity contribution in [1.82, 2.24) is 19.1 Å². The van der Waals surface area contributed by atoms with Crippen LogP contribution in [0, 0.1) is 0 Å². The number of hydrogen-bond acceptors (Lipinski definition) is 5. The van der Waals surface area contributed by atoms with Gasteiger partial charge in [0, 0.05) is 19.7 Å². The third kappa shape index (κ3) is 5.43. The van der Waals surface area contributed by atoms with Gasteiger partial charge < -0.3 is 14.0 Å². The maximum Gasteiger partial charge on any atom is 0.330 e. The third-order valence-electron chi connectivity index (χ3n) is 4.87. The summed E-state index contributed by atoms with van der Waals surface area (Å²) >= 11 is 0. The highest BCUT2D eigenvalue weighted by Crippen LogP contribution is 2.14. The second-order valence-corrected chi connectivity index (χ2v) is 7.18. The van der Waals surface area contributed by atoms with Gasteiger partial charge in [-0.1, -0.05) is 18.7 Å². The highest BCUT2D eigenvalue weighted by atomic mass is 19.1. The molecule has 3 heterocycles. The van der Waals surface area contributed by atoms with Crippen molar-refractivity contribution in [3.63, 3.8) is 0 Å². The zero-order chi connectivity index (χ0) is 21.5. The molecule has 30 heavy (non-hydrogen) atoms. The van der Waals surface area contributed by atoms with Crippen molar-refractivity contribution in [2.45, 2.75) is 52.0 Å². The second kappa shape index (κ2) is 10.3. The van der Waals surface area contributed by atoms with E-state index >= 15 is 0 Å². The minimum Gasteiger partial charge on any atom is -0.353 e. The smallest absolute Gasteiger partial charge is 0.330 e. The zero-order valence-corrected chi connectivity index (χ0v) is 17.1. The fourth-order valence-corrected chi connectivity index (χ4v) is 3.29. The predicted molar refractivity (Wildman–Crippen MR) is 112 cm³/mol. The van der Waals surface area contributed by atoms with Gasteiger partial charge in [0.05, 0.1) is 18.8 Å². The molecule has 3 rings (SSSR count). The number of allylic oxidation sites excluding steroid dienone is 5. The summed E-state index contributed by atoms with van der Waals surface area (Å²) < 4.78 is 27.0. The van der Waals surface area contributed by atoms with Crippen LogP contribution in [0.2, 0.25) is 0 Å². The molecule has 1 atom stereocenters. The maximum atomic E-state index is 13.0. The average molecular weight is 418 g/mol. The molecule has 0 aliphatic carbocycles. The van der Waals surface area contributed by atoms with Gasteiger partial charge in [-0.05, 0) is 44.3 Å². The molecule has 0 radical (unpaired) electrons. The first-order chi connectivity index (χ1) is 14.5. The van der Waals surface area contributed by atoms with Crippen molar-refractivity contribution < 1.29 is 13.9 Å². The van der Waals surface area contributed by atoms with Crippen LogP contribution < -0.4 is 11.2 Å². The molecular weight excluding hydrogens is 391 g/mol. The Balaban J connectivity index is 1.76. The van der Waals surface area contributed by atoms with E-state index in [2.05, 4.69) is 16.5 Å². The number of aromatic amines is 1. The quantitative estimate of drug-likeness (QED) is 0.500. The fraction of sp³-hybridized carbons (Fsp3) is 0.476. The van der Waals surface area contributed by atoms with Gasteiger partial charge in [-0.15, -0.1) is 0 Å². The van der Waals surface area contributed by atoms with Gasteiger partial charge in [0.25, 0.3) is 5.56 Å². The lowest BCUT2D eigenvalue weighted by atomic mass is 10.2. The molecule has 0 amide bonds. The third-order valence-corrected chi connectivity index (χ3v) is 4.87. The Hall–Kier alpha value is -2.78. The van der Waals surface area contributed by atoms with Crippen LogP contribution in [0.15, 0.2) is 52.1 Å². The van der Waals surface area contributed by atoms with Crippen LogP contribution in [0.5, 0.6) is 0 Å². The molecular formula is C21H27FN4O4. The van der Waals surface area contributed by atoms with Gasteiger partial charge in [-0.3, -0.25) is 14.3 Å². The molecule has 8 nitrogen and oxygen atoms in total. The first kappa shape index (κ1) is 21.9. The number of nitrogens with one attached hydrogen (secondary N) is 1. The Kier molecular flexibility index (Phi) is 7.53. The molecule has 0 saturated carbocycles. The molecule has 1 fully saturated rings. The van der Waals surface area contributed by atoms with Crippen LogP contribution in [0.4, 0.5) is 4.39 Å². The Morgan fingerprint density at radius 3 is 2.97 bits per heavy atom. The zero-order valence-electron chi connectivity index (χ0n) is 17.1. The van der Waals surface area contributed by atoms with Crippen molar-refractivity contribution in [2.24, 2.45) is 0 Å². The van der Waals surface area contributed by atoms with Crippen LogP contribution in [0.3, 0.4) is 0 Å². The number of rotatable bonds is 9. The summed E-state index contributed by atoms with van der Waals surface area (Å²) in [5.41, 5.74) is 0.251. The molecule has 162 valence electrons. The van der Waals surface area contributed by atoms with Crippen LogP contribution in [-0.4, -0.2) is 38.6 Å². The molecule has 9 heteroatoms. The lowest BCUT2D eigenvalue weighted by Gasteiger charge is -2.22. The predicted octanol–water partition coefficient (Wildman–Crippen LogP) is 2.81. The summed E-state index contributed by atoms with van der Waals surface area (Å²) in [5.74, 6) is -0.336. The van der Waals surface area contributed by atoms with Gasteiger partial charge in [0.1, 0.15) is 0 Å². The molecule has 1 N–H and O–H groups in total. The highest BCUT2D eigenvalue weighted by molar-refractivity contribution is 5.69. The summed E-state index contributed by atoms with van der Waals surface area (Å²) in [6.07, 6.45) is 9.25. The molecule has 1 saturated heterocycles. The molecule has 1 unspecified atom stereocenters. The number of aromatic nitrogens is 4. The topological polar surface area (TPSA) is 91.1 Å². The van der Waals surface area contributed by atoms with Crippen molar-refractivity contribution in [2.75, 3.05) is 13.2 Å². The summed E-state index contributed by atoms with van der Waals surface area (Å²) in [5, 5.41) is 0. The van der Waals surface area contributed by atoms with Crippen molar-refractivity contribution in [1.29, 1.82) is 0 Å². The average Bonchev–Trinajstić information content (AvgIpc) is 3.13. The lowest BCUT2D eigenvalue weighted by Crippen LogP contribution is -2.36. The van der Waals surface area contributed by atoms with Crippen molar-refractivity contribution in [3.8, 4) is 0 Å². The molecule has 0 bridgehead atoms. The van der Waals surface area contributed by atoms with E-state index < -0.39 is 11.2 Å². The molecule has 0 aromatic carbocycles. The molecule has 0 spiro atoms. The first-order valence-corrected chi connectivity index (χ1v) is 10.1. The monoisotopic (exact) mass is 418 g/mol. The van der Waals surface area contributed by atoms with Gasteiger partial charge in [-0.25, -0.2) is 14.2 Å². The lowest BCUT2D eigenvalue weighted by molar-refractivity contribution is -0.163. The van der Waals surface area contributed by atoms with Gasteiger partial charge in [0.2, 0.25) is 0 Å². The SMILES string of the molecule is C=C/C(=C\C=C(/C)F)Cn1cnc2[nH]c(=O)n(CCCOC3CCCCO3)c(=O)c21. The Morgan fingerprint density at radius 2 is 2.27 bits per heavy atom. The van der Waals surface area contributed by atoms with Crippen molar-refractivity contribution in [3.05, 3.63) is 63.4 Å². The van der Waals surface area contributed by atoms with Crippen LogP contribution in [0.25, 0.3) is 11.2 Å². The van der Waals surface area contributed by atoms with Gasteiger partial charge >= 0.3 is 5.69 Å². The first-order valence-electron chi connectivity index (χ1n) is 10.1. The number of hydrogen-bond donors (Lipinski definition) is 1. The summed E-state index contributed by atoms with van der Waals surface area (Å²) in [7, 11) is 0. The maximum absolute atomic E-state index is 13.0. The van der Waals surface area contributed by atoms with Gasteiger partial charge in [-0.2, -0.15) is 0 Å². The standard InChI is InChI=1S/C21H27FN4O4/c1-3-16(9-8-15(2)22)13-25-14-23-19-18(25)20(27)26(21(28)24-19)10-6-12-30-17-7-4-5-11-29-17/h3,8-9,14,17H,1,4-7,10-13H2,2H3,(H,24,28)/b15-8+,16-9+. The van der Waals surface area contributed by atoms with Crippen molar-refractivity contribution >= 4 is 11.2 Å². The molecule has 1 aliphatic rings. The van der Waals surface area contributed by atoms with Gasteiger partial charge in [0.15, 0.2) is 17.5 Å². The highest BCUT2D eigenvalue weighted by Gasteiger charge is 2.15. The summed E-state index contributed by atoms with van der Waals surface area (Å²) in [4.78, 5) is 32.1. The van der Waals surface area contributed by atoms with E-state index in [4.69, 9.17) is 9.47 Å². The fourth-order valence-electron chi connectivity index (χ4n) is 3.29. The molecule has 2 aromatic heterocycles. The number of nitrogens with zero attached hydrogens (tertiary/aromatic N) is 3. The number of imidazole rings is 1. The van der Waals surface area contributed by atoms with Crippen LogP contribution >= 0.6 is 0 Å². The second-order valence-electron chi connectivity index (χ2n) is 7.18. The van der Waals surface area contributed by atoms with Crippen LogP contribution in [0.1, 0.15) is 32.6 Å². The van der Waals surface area contributed by atoms with E-state index in [0.29, 0.717) is 25.2 Å². The Bertz CT molecular complexity index is 1050. The largest absolute Gasteiger partial charge is 0.353 e. The minimum atomic E-state index is -0.512. The van der Waals surface area contributed by atoms with E-state index in [1.807, 2.05) is 0 Å². The van der Waals surface area contributed by atoms with E-state index in [1.165, 1.54) is 19.3 Å². The number of halogens is 1. The number of ether oxygens (including phenoxy) is 2. The minimum absolute atomic E-state index is 0.205. The Morgan fingerprint density at radius 1 is 1.43 bits per heavy atom. The number of H-pyrrole nitrogens is 1. The normalized spacial score (nSPS) is 18.1. The summed E-state index contributed by atoms with van der Waals surface area (Å²) in [6.45, 7) is 6.65. The van der Waals surface area contributed by atoms with E-state index in [1.54, 1.807) is 16.7 Å². The summed E-state index contributed by atoms with van der Waals surface area (Å²) in [6, 6.07) is 0. The number of fused-ring (bicyclic) bond motifs is 1. The van der Waals surface area contributed by atoms with E-state index in [-0.39, 0.29) is 36.4 Å². The molecule has 2 aromatic rings. The molecule has 1 aliphatic heterocycles. The van der Waals surface area contributed by atoms with E-state index in [9.17, 15) is 14.0 Å². The Labute approximate surface area is 173 Å². The van der Waals surface area contributed by atoms with Crippen LogP contribution in [-0.2, 0) is 22.6 Å².